The van der Waals surface area contributed by atoms with E-state index in [2.05, 4.69) is 47.6 Å². The predicted octanol–water partition coefficient (Wildman–Crippen LogP) is 2.95. The molecule has 0 spiro atoms. The number of nitrogens with one attached hydrogen (secondary N) is 2. The molecule has 1 aromatic carbocycles. The van der Waals surface area contributed by atoms with Gasteiger partial charge in [-0.1, -0.05) is 6.07 Å². The lowest BCUT2D eigenvalue weighted by atomic mass is 10.1. The number of anilines is 1. The molecule has 0 saturated carbocycles. The zero-order chi connectivity index (χ0) is 11.5. The molecule has 0 bridgehead atoms. The fourth-order valence-corrected chi connectivity index (χ4v) is 1.83. The fourth-order valence-electron chi connectivity index (χ4n) is 1.83. The molecule has 0 aliphatic heterocycles. The van der Waals surface area contributed by atoms with E-state index in [0.29, 0.717) is 0 Å². The number of hydrogen-bond acceptors (Lipinski definition) is 2. The number of aryl methyl sites for hydroxylation is 3. The van der Waals surface area contributed by atoms with E-state index in [1.54, 1.807) is 0 Å². The highest BCUT2D eigenvalue weighted by atomic mass is 15.1. The zero-order valence-corrected chi connectivity index (χ0v) is 9.96. The van der Waals surface area contributed by atoms with Gasteiger partial charge in [-0.2, -0.15) is 5.10 Å². The first kappa shape index (κ1) is 10.7. The van der Waals surface area contributed by atoms with Crippen molar-refractivity contribution < 1.29 is 0 Å². The monoisotopic (exact) mass is 215 g/mol. The van der Waals surface area contributed by atoms with Gasteiger partial charge in [0, 0.05) is 23.5 Å². The van der Waals surface area contributed by atoms with Gasteiger partial charge in [-0.15, -0.1) is 0 Å². The average Bonchev–Trinajstić information content (AvgIpc) is 2.59. The first-order valence-corrected chi connectivity index (χ1v) is 5.46. The van der Waals surface area contributed by atoms with Gasteiger partial charge in [0.1, 0.15) is 0 Å². The zero-order valence-electron chi connectivity index (χ0n) is 9.96. The molecule has 0 saturated heterocycles. The average molecular weight is 215 g/mol. The Kier molecular flexibility index (Phi) is 2.95. The van der Waals surface area contributed by atoms with E-state index < -0.39 is 0 Å². The van der Waals surface area contributed by atoms with Crippen molar-refractivity contribution in [3.8, 4) is 0 Å². The lowest BCUT2D eigenvalue weighted by Crippen LogP contribution is -2.00. The van der Waals surface area contributed by atoms with Crippen molar-refractivity contribution in [2.45, 2.75) is 27.3 Å². The Balaban J connectivity index is 2.07. The molecule has 0 atom stereocenters. The number of aromatic amines is 1. The van der Waals surface area contributed by atoms with E-state index >= 15 is 0 Å². The van der Waals surface area contributed by atoms with Crippen LogP contribution in [0.1, 0.15) is 22.4 Å². The van der Waals surface area contributed by atoms with Gasteiger partial charge in [0.2, 0.25) is 0 Å². The van der Waals surface area contributed by atoms with Crippen LogP contribution in [0.2, 0.25) is 0 Å². The van der Waals surface area contributed by atoms with Crippen molar-refractivity contribution in [3.63, 3.8) is 0 Å². The third-order valence-electron chi connectivity index (χ3n) is 2.64. The maximum atomic E-state index is 4.00. The van der Waals surface area contributed by atoms with Crippen molar-refractivity contribution in [1.82, 2.24) is 10.2 Å². The summed E-state index contributed by atoms with van der Waals surface area (Å²) >= 11 is 0. The molecule has 0 radical (unpaired) electrons. The number of benzene rings is 1. The summed E-state index contributed by atoms with van der Waals surface area (Å²) in [6.07, 6.45) is 1.87. The molecule has 0 aliphatic rings. The Morgan fingerprint density at radius 3 is 2.38 bits per heavy atom. The van der Waals surface area contributed by atoms with Crippen molar-refractivity contribution in [1.29, 1.82) is 0 Å². The minimum absolute atomic E-state index is 0.811. The van der Waals surface area contributed by atoms with Crippen LogP contribution < -0.4 is 5.32 Å². The van der Waals surface area contributed by atoms with Crippen LogP contribution in [-0.2, 0) is 6.54 Å². The Morgan fingerprint density at radius 2 is 1.81 bits per heavy atom. The van der Waals surface area contributed by atoms with Crippen LogP contribution in [0.25, 0.3) is 0 Å². The maximum absolute atomic E-state index is 4.00. The molecule has 0 unspecified atom stereocenters. The van der Waals surface area contributed by atoms with Gasteiger partial charge in [-0.3, -0.25) is 5.10 Å². The minimum Gasteiger partial charge on any atom is -0.381 e. The fraction of sp³-hybridized carbons (Fsp3) is 0.308. The molecule has 3 nitrogen and oxygen atoms in total. The van der Waals surface area contributed by atoms with Crippen LogP contribution in [-0.4, -0.2) is 10.2 Å². The van der Waals surface area contributed by atoms with Crippen LogP contribution in [0.15, 0.2) is 24.4 Å². The topological polar surface area (TPSA) is 40.7 Å². The molecule has 16 heavy (non-hydrogen) atoms. The van der Waals surface area contributed by atoms with Crippen LogP contribution in [0.3, 0.4) is 0 Å². The highest BCUT2D eigenvalue weighted by molar-refractivity contribution is 5.48. The Hall–Kier alpha value is -1.77. The van der Waals surface area contributed by atoms with Gasteiger partial charge in [0.05, 0.1) is 6.20 Å². The molecule has 1 heterocycles. The number of hydrogen-bond donors (Lipinski definition) is 2. The lowest BCUT2D eigenvalue weighted by molar-refractivity contribution is 1.04. The van der Waals surface area contributed by atoms with E-state index in [4.69, 9.17) is 0 Å². The van der Waals surface area contributed by atoms with Crippen molar-refractivity contribution >= 4 is 5.69 Å². The summed E-state index contributed by atoms with van der Waals surface area (Å²) < 4.78 is 0. The molecule has 2 rings (SSSR count). The SMILES string of the molecule is Cc1cc(C)cc(NCc2cn[nH]c2C)c1. The summed E-state index contributed by atoms with van der Waals surface area (Å²) in [5.74, 6) is 0. The third kappa shape index (κ3) is 2.42. The number of nitrogens with zero attached hydrogens (tertiary/aromatic N) is 1. The number of rotatable bonds is 3. The molecule has 0 amide bonds. The first-order valence-electron chi connectivity index (χ1n) is 5.46. The molecule has 84 valence electrons. The van der Waals surface area contributed by atoms with Crippen molar-refractivity contribution in [2.75, 3.05) is 5.32 Å². The van der Waals surface area contributed by atoms with Crippen LogP contribution in [0.4, 0.5) is 5.69 Å². The van der Waals surface area contributed by atoms with Crippen molar-refractivity contribution in [2.24, 2.45) is 0 Å². The van der Waals surface area contributed by atoms with Crippen LogP contribution in [0.5, 0.6) is 0 Å². The molecule has 0 aliphatic carbocycles. The van der Waals surface area contributed by atoms with Gasteiger partial charge in [0.25, 0.3) is 0 Å². The second kappa shape index (κ2) is 4.39. The molecule has 2 N–H and O–H groups in total. The normalized spacial score (nSPS) is 10.4. The first-order chi connectivity index (χ1) is 7.65. The molecule has 0 fully saturated rings. The van der Waals surface area contributed by atoms with E-state index in [9.17, 15) is 0 Å². The van der Waals surface area contributed by atoms with Gasteiger partial charge in [-0.25, -0.2) is 0 Å². The Labute approximate surface area is 95.9 Å². The quantitative estimate of drug-likeness (QED) is 0.826. The van der Waals surface area contributed by atoms with Crippen LogP contribution in [0, 0.1) is 20.8 Å². The Bertz CT molecular complexity index is 465. The molecule has 1 aromatic heterocycles. The van der Waals surface area contributed by atoms with E-state index in [-0.39, 0.29) is 0 Å². The Morgan fingerprint density at radius 1 is 1.12 bits per heavy atom. The smallest absolute Gasteiger partial charge is 0.0539 e. The van der Waals surface area contributed by atoms with Gasteiger partial charge >= 0.3 is 0 Å². The summed E-state index contributed by atoms with van der Waals surface area (Å²) in [7, 11) is 0. The lowest BCUT2D eigenvalue weighted by Gasteiger charge is -2.08. The van der Waals surface area contributed by atoms with E-state index in [1.807, 2.05) is 13.1 Å². The largest absolute Gasteiger partial charge is 0.381 e. The second-order valence-electron chi connectivity index (χ2n) is 4.25. The second-order valence-corrected chi connectivity index (χ2v) is 4.25. The number of aromatic nitrogens is 2. The molecule has 2 aromatic rings. The van der Waals surface area contributed by atoms with Gasteiger partial charge < -0.3 is 5.32 Å². The molecule has 3 heteroatoms. The third-order valence-corrected chi connectivity index (χ3v) is 2.64. The number of H-pyrrole nitrogens is 1. The van der Waals surface area contributed by atoms with Gasteiger partial charge in [0.15, 0.2) is 0 Å². The highest BCUT2D eigenvalue weighted by Crippen LogP contribution is 2.15. The summed E-state index contributed by atoms with van der Waals surface area (Å²) in [6.45, 7) is 7.07. The minimum atomic E-state index is 0.811. The van der Waals surface area contributed by atoms with Crippen LogP contribution >= 0.6 is 0 Å². The van der Waals surface area contributed by atoms with E-state index in [0.717, 1.165) is 17.9 Å². The standard InChI is InChI=1S/C13H17N3/c1-9-4-10(2)6-13(5-9)14-7-12-8-15-16-11(12)3/h4-6,8,14H,7H2,1-3H3,(H,15,16). The predicted molar refractivity (Wildman–Crippen MR) is 66.6 cm³/mol. The summed E-state index contributed by atoms with van der Waals surface area (Å²) in [4.78, 5) is 0. The van der Waals surface area contributed by atoms with Crippen molar-refractivity contribution in [3.05, 3.63) is 46.8 Å². The summed E-state index contributed by atoms with van der Waals surface area (Å²) in [6, 6.07) is 6.49. The summed E-state index contributed by atoms with van der Waals surface area (Å²) in [5, 5.41) is 10.4. The maximum Gasteiger partial charge on any atom is 0.0539 e. The summed E-state index contributed by atoms with van der Waals surface area (Å²) in [5.41, 5.74) is 6.06. The van der Waals surface area contributed by atoms with Gasteiger partial charge in [-0.05, 0) is 44.0 Å². The highest BCUT2D eigenvalue weighted by Gasteiger charge is 2.00. The van der Waals surface area contributed by atoms with E-state index in [1.165, 1.54) is 16.7 Å². The molecular formula is C13H17N3. The molecular weight excluding hydrogens is 198 g/mol.